The predicted octanol–water partition coefficient (Wildman–Crippen LogP) is 2.41. The molecule has 0 aliphatic heterocycles. The van der Waals surface area contributed by atoms with Gasteiger partial charge in [0.25, 0.3) is 0 Å². The van der Waals surface area contributed by atoms with Crippen molar-refractivity contribution < 1.29 is 9.90 Å². The molecule has 18 heavy (non-hydrogen) atoms. The van der Waals surface area contributed by atoms with Crippen LogP contribution in [0.4, 0.5) is 0 Å². The second-order valence-corrected chi connectivity index (χ2v) is 5.62. The molecule has 0 radical (unpaired) electrons. The standard InChI is InChI=1S/C15H21NO2/c1-11(2)10-13(17)16-15(8-9-15)14(18)12-6-4-3-5-7-12/h3-7,11,14,18H,8-10H2,1-2H3,(H,16,17). The van der Waals surface area contributed by atoms with E-state index in [1.165, 1.54) is 0 Å². The highest BCUT2D eigenvalue weighted by Crippen LogP contribution is 2.46. The normalized spacial score (nSPS) is 18.4. The minimum atomic E-state index is -0.602. The lowest BCUT2D eigenvalue weighted by Crippen LogP contribution is -2.41. The van der Waals surface area contributed by atoms with Gasteiger partial charge in [0, 0.05) is 6.42 Å². The topological polar surface area (TPSA) is 49.3 Å². The van der Waals surface area contributed by atoms with Crippen LogP contribution in [0.3, 0.4) is 0 Å². The Morgan fingerprint density at radius 3 is 2.44 bits per heavy atom. The van der Waals surface area contributed by atoms with Crippen molar-refractivity contribution in [3.8, 4) is 0 Å². The lowest BCUT2D eigenvalue weighted by atomic mass is 9.99. The fourth-order valence-corrected chi connectivity index (χ4v) is 2.26. The molecule has 1 amide bonds. The molecule has 1 atom stereocenters. The lowest BCUT2D eigenvalue weighted by Gasteiger charge is -2.24. The highest BCUT2D eigenvalue weighted by atomic mass is 16.3. The van der Waals surface area contributed by atoms with Crippen molar-refractivity contribution in [1.29, 1.82) is 0 Å². The summed E-state index contributed by atoms with van der Waals surface area (Å²) in [6.45, 7) is 4.04. The Labute approximate surface area is 108 Å². The van der Waals surface area contributed by atoms with Crippen molar-refractivity contribution in [2.24, 2.45) is 5.92 Å². The van der Waals surface area contributed by atoms with E-state index < -0.39 is 11.6 Å². The van der Waals surface area contributed by atoms with Crippen LogP contribution in [0.2, 0.25) is 0 Å². The Morgan fingerprint density at radius 1 is 1.33 bits per heavy atom. The number of rotatable bonds is 5. The number of aliphatic hydroxyl groups excluding tert-OH is 1. The van der Waals surface area contributed by atoms with Gasteiger partial charge in [0.05, 0.1) is 5.54 Å². The molecular weight excluding hydrogens is 226 g/mol. The van der Waals surface area contributed by atoms with Crippen LogP contribution >= 0.6 is 0 Å². The monoisotopic (exact) mass is 247 g/mol. The second-order valence-electron chi connectivity index (χ2n) is 5.62. The number of benzene rings is 1. The Balaban J connectivity index is 2.01. The molecule has 0 bridgehead atoms. The molecule has 1 unspecified atom stereocenters. The van der Waals surface area contributed by atoms with E-state index in [2.05, 4.69) is 5.32 Å². The molecule has 2 N–H and O–H groups in total. The van der Waals surface area contributed by atoms with E-state index in [1.807, 2.05) is 44.2 Å². The summed E-state index contributed by atoms with van der Waals surface area (Å²) in [5.41, 5.74) is 0.452. The molecule has 2 rings (SSSR count). The third-order valence-corrected chi connectivity index (χ3v) is 3.41. The summed E-state index contributed by atoms with van der Waals surface area (Å²) in [5.74, 6) is 0.382. The number of aliphatic hydroxyl groups is 1. The van der Waals surface area contributed by atoms with E-state index in [-0.39, 0.29) is 5.91 Å². The first-order chi connectivity index (χ1) is 8.53. The highest BCUT2D eigenvalue weighted by Gasteiger charge is 2.50. The van der Waals surface area contributed by atoms with Crippen LogP contribution < -0.4 is 5.32 Å². The Bertz CT molecular complexity index is 410. The first kappa shape index (κ1) is 13.1. The fourth-order valence-electron chi connectivity index (χ4n) is 2.26. The van der Waals surface area contributed by atoms with Gasteiger partial charge in [0.1, 0.15) is 6.10 Å². The summed E-state index contributed by atoms with van der Waals surface area (Å²) in [5, 5.41) is 13.4. The van der Waals surface area contributed by atoms with Crippen molar-refractivity contribution in [1.82, 2.24) is 5.32 Å². The molecular formula is C15H21NO2. The zero-order valence-corrected chi connectivity index (χ0v) is 11.0. The maximum Gasteiger partial charge on any atom is 0.220 e. The van der Waals surface area contributed by atoms with Gasteiger partial charge in [-0.2, -0.15) is 0 Å². The Hall–Kier alpha value is -1.35. The quantitative estimate of drug-likeness (QED) is 0.839. The molecule has 1 aliphatic carbocycles. The molecule has 0 saturated heterocycles. The van der Waals surface area contributed by atoms with Gasteiger partial charge in [-0.05, 0) is 24.3 Å². The van der Waals surface area contributed by atoms with E-state index in [1.54, 1.807) is 0 Å². The van der Waals surface area contributed by atoms with Gasteiger partial charge in [0.15, 0.2) is 0 Å². The van der Waals surface area contributed by atoms with Crippen molar-refractivity contribution in [3.05, 3.63) is 35.9 Å². The van der Waals surface area contributed by atoms with Crippen LogP contribution in [0, 0.1) is 5.92 Å². The highest BCUT2D eigenvalue weighted by molar-refractivity contribution is 5.77. The molecule has 1 saturated carbocycles. The third-order valence-electron chi connectivity index (χ3n) is 3.41. The van der Waals surface area contributed by atoms with Gasteiger partial charge in [0.2, 0.25) is 5.91 Å². The average molecular weight is 247 g/mol. The third kappa shape index (κ3) is 2.91. The molecule has 3 heteroatoms. The summed E-state index contributed by atoms with van der Waals surface area (Å²) < 4.78 is 0. The molecule has 1 aliphatic rings. The zero-order chi connectivity index (χ0) is 13.2. The molecule has 0 heterocycles. The van der Waals surface area contributed by atoms with Gasteiger partial charge in [-0.3, -0.25) is 4.79 Å². The summed E-state index contributed by atoms with van der Waals surface area (Å²) >= 11 is 0. The average Bonchev–Trinajstić information content (AvgIpc) is 3.09. The van der Waals surface area contributed by atoms with E-state index in [4.69, 9.17) is 0 Å². The van der Waals surface area contributed by atoms with Gasteiger partial charge in [-0.1, -0.05) is 44.2 Å². The van der Waals surface area contributed by atoms with Crippen LogP contribution in [-0.4, -0.2) is 16.6 Å². The van der Waals surface area contributed by atoms with Crippen LogP contribution in [-0.2, 0) is 4.79 Å². The number of amides is 1. The van der Waals surface area contributed by atoms with Gasteiger partial charge < -0.3 is 10.4 Å². The second kappa shape index (κ2) is 5.11. The predicted molar refractivity (Wildman–Crippen MR) is 71.0 cm³/mol. The van der Waals surface area contributed by atoms with E-state index in [0.717, 1.165) is 18.4 Å². The number of hydrogen-bond donors (Lipinski definition) is 2. The lowest BCUT2D eigenvalue weighted by molar-refractivity contribution is -0.123. The number of hydrogen-bond acceptors (Lipinski definition) is 2. The van der Waals surface area contributed by atoms with Crippen LogP contribution in [0.1, 0.15) is 44.8 Å². The minimum Gasteiger partial charge on any atom is -0.386 e. The maximum absolute atomic E-state index is 11.8. The van der Waals surface area contributed by atoms with Crippen molar-refractivity contribution in [2.45, 2.75) is 44.8 Å². The number of nitrogens with one attached hydrogen (secondary N) is 1. The van der Waals surface area contributed by atoms with Crippen molar-refractivity contribution in [3.63, 3.8) is 0 Å². The molecule has 1 aromatic rings. The summed E-state index contributed by atoms with van der Waals surface area (Å²) in [4.78, 5) is 11.8. The van der Waals surface area contributed by atoms with E-state index in [9.17, 15) is 9.90 Å². The SMILES string of the molecule is CC(C)CC(=O)NC1(C(O)c2ccccc2)CC1. The molecule has 1 aromatic carbocycles. The van der Waals surface area contributed by atoms with Gasteiger partial charge in [-0.15, -0.1) is 0 Å². The molecule has 1 fully saturated rings. The summed E-state index contributed by atoms with van der Waals surface area (Å²) in [6, 6.07) is 9.54. The molecule has 3 nitrogen and oxygen atoms in total. The van der Waals surface area contributed by atoms with Gasteiger partial charge in [-0.25, -0.2) is 0 Å². The molecule has 98 valence electrons. The first-order valence-corrected chi connectivity index (χ1v) is 6.57. The summed E-state index contributed by atoms with van der Waals surface area (Å²) in [6.07, 6.45) is 1.62. The molecule has 0 spiro atoms. The van der Waals surface area contributed by atoms with Crippen molar-refractivity contribution >= 4 is 5.91 Å². The Morgan fingerprint density at radius 2 is 1.94 bits per heavy atom. The molecule has 0 aromatic heterocycles. The van der Waals surface area contributed by atoms with Gasteiger partial charge >= 0.3 is 0 Å². The minimum absolute atomic E-state index is 0.0393. The largest absolute Gasteiger partial charge is 0.386 e. The van der Waals surface area contributed by atoms with Crippen LogP contribution in [0.15, 0.2) is 30.3 Å². The first-order valence-electron chi connectivity index (χ1n) is 6.57. The van der Waals surface area contributed by atoms with Crippen LogP contribution in [0.25, 0.3) is 0 Å². The van der Waals surface area contributed by atoms with E-state index >= 15 is 0 Å². The number of carbonyl (C=O) groups is 1. The van der Waals surface area contributed by atoms with Crippen molar-refractivity contribution in [2.75, 3.05) is 0 Å². The zero-order valence-electron chi connectivity index (χ0n) is 11.0. The smallest absolute Gasteiger partial charge is 0.220 e. The summed E-state index contributed by atoms with van der Waals surface area (Å²) in [7, 11) is 0. The number of carbonyl (C=O) groups excluding carboxylic acids is 1. The maximum atomic E-state index is 11.8. The van der Waals surface area contributed by atoms with Crippen LogP contribution in [0.5, 0.6) is 0 Å². The van der Waals surface area contributed by atoms with E-state index in [0.29, 0.717) is 12.3 Å². The Kier molecular flexibility index (Phi) is 3.71. The fraction of sp³-hybridized carbons (Fsp3) is 0.533.